The summed E-state index contributed by atoms with van der Waals surface area (Å²) in [6, 6.07) is 0. The van der Waals surface area contributed by atoms with Crippen LogP contribution < -0.4 is 0 Å². The highest BCUT2D eigenvalue weighted by molar-refractivity contribution is 7.99. The van der Waals surface area contributed by atoms with Crippen molar-refractivity contribution >= 4 is 29.3 Å². The summed E-state index contributed by atoms with van der Waals surface area (Å²) in [5.41, 5.74) is 0. The lowest BCUT2D eigenvalue weighted by atomic mass is 10.3. The molecule has 0 aromatic carbocycles. The van der Waals surface area contributed by atoms with Crippen molar-refractivity contribution in [3.05, 3.63) is 0 Å². The Morgan fingerprint density at radius 1 is 1.33 bits per heavy atom. The molecule has 0 rings (SSSR count). The minimum Gasteiger partial charge on any atom is -0.299 e. The van der Waals surface area contributed by atoms with E-state index in [-0.39, 0.29) is 0 Å². The van der Waals surface area contributed by atoms with Gasteiger partial charge in [0.25, 0.3) is 0 Å². The van der Waals surface area contributed by atoms with Gasteiger partial charge in [0.05, 0.1) is 5.75 Å². The molecule has 3 heteroatoms. The molecule has 0 aromatic heterocycles. The van der Waals surface area contributed by atoms with Gasteiger partial charge in [-0.15, -0.1) is 0 Å². The van der Waals surface area contributed by atoms with E-state index in [1.807, 2.05) is 12.5 Å². The lowest BCUT2D eigenvalue weighted by Crippen LogP contribution is -2.01. The van der Waals surface area contributed by atoms with Crippen LogP contribution in [0.4, 0.5) is 0 Å². The largest absolute Gasteiger partial charge is 0.299 e. The summed E-state index contributed by atoms with van der Waals surface area (Å²) in [5.74, 6) is 2.02. The first-order valence-electron chi connectivity index (χ1n) is 2.81. The van der Waals surface area contributed by atoms with Gasteiger partial charge in [-0.1, -0.05) is 0 Å². The van der Waals surface area contributed by atoms with Crippen LogP contribution in [0.1, 0.15) is 6.42 Å². The van der Waals surface area contributed by atoms with E-state index in [2.05, 4.69) is 0 Å². The van der Waals surface area contributed by atoms with Crippen LogP contribution in [0.3, 0.4) is 0 Å². The van der Waals surface area contributed by atoms with Crippen LogP contribution >= 0.6 is 23.5 Å². The summed E-state index contributed by atoms with van der Waals surface area (Å²) in [5, 5.41) is 0. The molecule has 0 aliphatic heterocycles. The number of ketones is 1. The zero-order valence-electron chi connectivity index (χ0n) is 5.85. The van der Waals surface area contributed by atoms with Crippen LogP contribution in [-0.4, -0.2) is 29.8 Å². The zero-order valence-corrected chi connectivity index (χ0v) is 7.48. The molecule has 0 aliphatic rings. The van der Waals surface area contributed by atoms with Gasteiger partial charge in [0, 0.05) is 6.42 Å². The molecule has 0 unspecified atom stereocenters. The van der Waals surface area contributed by atoms with Gasteiger partial charge in [0.2, 0.25) is 0 Å². The van der Waals surface area contributed by atoms with Gasteiger partial charge < -0.3 is 0 Å². The van der Waals surface area contributed by atoms with E-state index >= 15 is 0 Å². The highest BCUT2D eigenvalue weighted by atomic mass is 32.2. The van der Waals surface area contributed by atoms with Crippen LogP contribution in [0.5, 0.6) is 0 Å². The molecule has 0 N–H and O–H groups in total. The molecule has 0 radical (unpaired) electrons. The van der Waals surface area contributed by atoms with Gasteiger partial charge in [-0.25, -0.2) is 0 Å². The molecule has 0 spiro atoms. The summed E-state index contributed by atoms with van der Waals surface area (Å²) in [7, 11) is 0. The summed E-state index contributed by atoms with van der Waals surface area (Å²) in [6.07, 6.45) is 4.71. The van der Waals surface area contributed by atoms with E-state index in [0.717, 1.165) is 12.2 Å². The average molecular weight is 164 g/mol. The normalized spacial score (nSPS) is 9.56. The van der Waals surface area contributed by atoms with E-state index in [1.54, 1.807) is 23.5 Å². The molecule has 0 fully saturated rings. The van der Waals surface area contributed by atoms with E-state index in [0.29, 0.717) is 11.5 Å². The quantitative estimate of drug-likeness (QED) is 0.615. The third kappa shape index (κ3) is 6.25. The van der Waals surface area contributed by atoms with Gasteiger partial charge in [0.15, 0.2) is 0 Å². The molecule has 0 atom stereocenters. The fourth-order valence-corrected chi connectivity index (χ4v) is 1.35. The highest BCUT2D eigenvalue weighted by Crippen LogP contribution is 2.00. The van der Waals surface area contributed by atoms with Crippen LogP contribution in [0.25, 0.3) is 0 Å². The molecule has 9 heavy (non-hydrogen) atoms. The summed E-state index contributed by atoms with van der Waals surface area (Å²) < 4.78 is 0. The fraction of sp³-hybridized carbons (Fsp3) is 0.833. The summed E-state index contributed by atoms with van der Waals surface area (Å²) in [6.45, 7) is 0. The Bertz CT molecular complexity index is 83.1. The monoisotopic (exact) mass is 164 g/mol. The van der Waals surface area contributed by atoms with Gasteiger partial charge in [-0.3, -0.25) is 4.79 Å². The Labute approximate surface area is 65.0 Å². The van der Waals surface area contributed by atoms with Crippen molar-refractivity contribution in [2.24, 2.45) is 0 Å². The van der Waals surface area contributed by atoms with Crippen molar-refractivity contribution in [1.82, 2.24) is 0 Å². The number of rotatable bonds is 5. The Morgan fingerprint density at radius 2 is 2.00 bits per heavy atom. The SMILES string of the molecule is CSCCC(=O)CSC. The predicted molar refractivity (Wildman–Crippen MR) is 46.4 cm³/mol. The standard InChI is InChI=1S/C6H12OS2/c1-8-4-3-6(7)5-9-2/h3-5H2,1-2H3. The van der Waals surface area contributed by atoms with Crippen LogP contribution in [0.15, 0.2) is 0 Å². The lowest BCUT2D eigenvalue weighted by molar-refractivity contribution is -0.116. The minimum atomic E-state index is 0.372. The maximum Gasteiger partial charge on any atom is 0.143 e. The molecule has 0 aliphatic carbocycles. The summed E-state index contributed by atoms with van der Waals surface area (Å²) in [4.78, 5) is 10.8. The van der Waals surface area contributed by atoms with E-state index in [1.165, 1.54) is 0 Å². The second-order valence-electron chi connectivity index (χ2n) is 1.71. The highest BCUT2D eigenvalue weighted by Gasteiger charge is 1.97. The maximum absolute atomic E-state index is 10.8. The molecule has 1 nitrogen and oxygen atoms in total. The van der Waals surface area contributed by atoms with Gasteiger partial charge in [-0.05, 0) is 18.3 Å². The van der Waals surface area contributed by atoms with Gasteiger partial charge in [-0.2, -0.15) is 23.5 Å². The minimum absolute atomic E-state index is 0.372. The fourth-order valence-electron chi connectivity index (χ4n) is 0.449. The zero-order chi connectivity index (χ0) is 7.11. The number of hydrogen-bond donors (Lipinski definition) is 0. The second kappa shape index (κ2) is 6.49. The molecule has 0 aromatic rings. The molecule has 0 bridgehead atoms. The van der Waals surface area contributed by atoms with Crippen LogP contribution in [0.2, 0.25) is 0 Å². The predicted octanol–water partition coefficient (Wildman–Crippen LogP) is 1.67. The van der Waals surface area contributed by atoms with Crippen molar-refractivity contribution in [2.75, 3.05) is 24.0 Å². The Morgan fingerprint density at radius 3 is 2.44 bits per heavy atom. The topological polar surface area (TPSA) is 17.1 Å². The Kier molecular flexibility index (Phi) is 6.76. The molecule has 0 heterocycles. The lowest BCUT2D eigenvalue weighted by Gasteiger charge is -1.93. The van der Waals surface area contributed by atoms with Gasteiger partial charge >= 0.3 is 0 Å². The third-order valence-corrected chi connectivity index (χ3v) is 2.11. The number of hydrogen-bond acceptors (Lipinski definition) is 3. The number of carbonyl (C=O) groups excluding carboxylic acids is 1. The van der Waals surface area contributed by atoms with E-state index in [4.69, 9.17) is 0 Å². The average Bonchev–Trinajstić information content (AvgIpc) is 1.85. The van der Waals surface area contributed by atoms with E-state index in [9.17, 15) is 4.79 Å². The van der Waals surface area contributed by atoms with Crippen molar-refractivity contribution in [3.8, 4) is 0 Å². The Hall–Kier alpha value is 0.370. The maximum atomic E-state index is 10.8. The van der Waals surface area contributed by atoms with Crippen LogP contribution in [0, 0.1) is 0 Å². The van der Waals surface area contributed by atoms with Crippen molar-refractivity contribution < 1.29 is 4.79 Å². The molecule has 0 saturated carbocycles. The van der Waals surface area contributed by atoms with Gasteiger partial charge in [0.1, 0.15) is 5.78 Å². The van der Waals surface area contributed by atoms with Crippen molar-refractivity contribution in [1.29, 1.82) is 0 Å². The smallest absolute Gasteiger partial charge is 0.143 e. The second-order valence-corrected chi connectivity index (χ2v) is 3.57. The first-order chi connectivity index (χ1) is 4.31. The van der Waals surface area contributed by atoms with Crippen molar-refractivity contribution in [2.45, 2.75) is 6.42 Å². The first-order valence-corrected chi connectivity index (χ1v) is 5.59. The number of Topliss-reactive ketones (excluding diaryl/α,β-unsaturated/α-hetero) is 1. The number of carbonyl (C=O) groups is 1. The third-order valence-electron chi connectivity index (χ3n) is 0.890. The molecule has 0 saturated heterocycles. The molecule has 54 valence electrons. The number of thioether (sulfide) groups is 2. The van der Waals surface area contributed by atoms with E-state index < -0.39 is 0 Å². The van der Waals surface area contributed by atoms with Crippen molar-refractivity contribution in [3.63, 3.8) is 0 Å². The Balaban J connectivity index is 3.06. The molecular weight excluding hydrogens is 152 g/mol. The van der Waals surface area contributed by atoms with Crippen LogP contribution in [-0.2, 0) is 4.79 Å². The first kappa shape index (κ1) is 9.37. The molecule has 0 amide bonds. The molecular formula is C6H12OS2. The summed E-state index contributed by atoms with van der Waals surface area (Å²) >= 11 is 3.33.